The third-order valence-electron chi connectivity index (χ3n) is 2.02. The Hall–Kier alpha value is -1.06. The summed E-state index contributed by atoms with van der Waals surface area (Å²) in [5, 5.41) is 11.6. The second-order valence-corrected chi connectivity index (χ2v) is 3.57. The molecule has 0 bridgehead atoms. The van der Waals surface area contributed by atoms with Gasteiger partial charge < -0.3 is 10.4 Å². The van der Waals surface area contributed by atoms with Crippen LogP contribution in [0.15, 0.2) is 24.3 Å². The number of benzene rings is 1. The molecule has 1 aromatic carbocycles. The molecule has 0 aliphatic heterocycles. The minimum Gasteiger partial charge on any atom is -0.392 e. The number of rotatable bonds is 5. The van der Waals surface area contributed by atoms with Crippen LogP contribution in [0.5, 0.6) is 0 Å². The Kier molecular flexibility index (Phi) is 5.15. The number of carbonyl (C=O) groups is 1. The summed E-state index contributed by atoms with van der Waals surface area (Å²) in [6.45, 7) is 0.542. The number of hydrogen-bond donors (Lipinski definition) is 2. The smallest absolute Gasteiger partial charge is 0.221 e. The quantitative estimate of drug-likeness (QED) is 0.748. The van der Waals surface area contributed by atoms with Crippen LogP contribution in [0, 0.1) is 0 Å². The molecular weight excluding hydrogens is 214 g/mol. The molecule has 0 saturated carbocycles. The average Bonchev–Trinajstić information content (AvgIpc) is 2.27. The first kappa shape index (κ1) is 12.0. The highest BCUT2D eigenvalue weighted by atomic mass is 35.5. The molecule has 0 aromatic heterocycles. The zero-order chi connectivity index (χ0) is 11.1. The lowest BCUT2D eigenvalue weighted by molar-refractivity contribution is -0.120. The van der Waals surface area contributed by atoms with Crippen LogP contribution < -0.4 is 5.32 Å². The maximum Gasteiger partial charge on any atom is 0.221 e. The number of aliphatic hydroxyl groups is 1. The Morgan fingerprint density at radius 3 is 2.40 bits per heavy atom. The van der Waals surface area contributed by atoms with Crippen molar-refractivity contribution in [3.8, 4) is 0 Å². The van der Waals surface area contributed by atoms with Crippen molar-refractivity contribution in [3.05, 3.63) is 35.4 Å². The summed E-state index contributed by atoms with van der Waals surface area (Å²) in [5.41, 5.74) is 1.88. The predicted molar refractivity (Wildman–Crippen MR) is 59.5 cm³/mol. The molecule has 0 radical (unpaired) electrons. The average molecular weight is 228 g/mol. The summed E-state index contributed by atoms with van der Waals surface area (Å²) in [6, 6.07) is 7.44. The number of amides is 1. The zero-order valence-corrected chi connectivity index (χ0v) is 9.13. The van der Waals surface area contributed by atoms with E-state index in [0.29, 0.717) is 18.8 Å². The first-order chi connectivity index (χ1) is 7.26. The Bertz CT molecular complexity index is 311. The van der Waals surface area contributed by atoms with E-state index in [1.165, 1.54) is 0 Å². The van der Waals surface area contributed by atoms with E-state index in [9.17, 15) is 4.79 Å². The lowest BCUT2D eigenvalue weighted by Crippen LogP contribution is -2.22. The second-order valence-electron chi connectivity index (χ2n) is 3.19. The topological polar surface area (TPSA) is 49.3 Å². The molecule has 0 spiro atoms. The van der Waals surface area contributed by atoms with Gasteiger partial charge in [0, 0.05) is 18.8 Å². The number of aliphatic hydroxyl groups excluding tert-OH is 1. The van der Waals surface area contributed by atoms with Gasteiger partial charge in [-0.2, -0.15) is 0 Å². The van der Waals surface area contributed by atoms with Crippen molar-refractivity contribution in [1.29, 1.82) is 0 Å². The molecule has 3 nitrogen and oxygen atoms in total. The summed E-state index contributed by atoms with van der Waals surface area (Å²) >= 11 is 5.43. The third-order valence-corrected chi connectivity index (χ3v) is 2.21. The van der Waals surface area contributed by atoms with E-state index >= 15 is 0 Å². The van der Waals surface area contributed by atoms with Crippen LogP contribution >= 0.6 is 11.6 Å². The van der Waals surface area contributed by atoms with Crippen molar-refractivity contribution in [2.24, 2.45) is 0 Å². The first-order valence-corrected chi connectivity index (χ1v) is 5.31. The van der Waals surface area contributed by atoms with Gasteiger partial charge in [-0.3, -0.25) is 4.79 Å². The van der Waals surface area contributed by atoms with Gasteiger partial charge in [-0.1, -0.05) is 24.3 Å². The lowest BCUT2D eigenvalue weighted by Gasteiger charge is -2.04. The molecule has 4 heteroatoms. The zero-order valence-electron chi connectivity index (χ0n) is 8.37. The molecule has 0 unspecified atom stereocenters. The molecule has 1 rings (SSSR count). The maximum atomic E-state index is 11.1. The molecule has 82 valence electrons. The number of nitrogens with one attached hydrogen (secondary N) is 1. The van der Waals surface area contributed by atoms with Gasteiger partial charge in [-0.15, -0.1) is 11.6 Å². The summed E-state index contributed by atoms with van der Waals surface area (Å²) in [5.74, 6) is 0.297. The number of carbonyl (C=O) groups excluding carboxylic acids is 1. The first-order valence-electron chi connectivity index (χ1n) is 4.77. The second kappa shape index (κ2) is 6.43. The molecule has 1 amide bonds. The van der Waals surface area contributed by atoms with Gasteiger partial charge in [-0.05, 0) is 11.1 Å². The summed E-state index contributed by atoms with van der Waals surface area (Å²) < 4.78 is 0. The SMILES string of the molecule is O=C(CCCl)NCc1ccc(CO)cc1. The number of halogens is 1. The molecular formula is C11H14ClNO2. The van der Waals surface area contributed by atoms with Gasteiger partial charge in [-0.25, -0.2) is 0 Å². The molecule has 0 atom stereocenters. The monoisotopic (exact) mass is 227 g/mol. The number of hydrogen-bond acceptors (Lipinski definition) is 2. The van der Waals surface area contributed by atoms with Crippen LogP contribution in [-0.4, -0.2) is 16.9 Å². The van der Waals surface area contributed by atoms with Gasteiger partial charge in [0.05, 0.1) is 6.61 Å². The van der Waals surface area contributed by atoms with Gasteiger partial charge in [0.1, 0.15) is 0 Å². The molecule has 0 aliphatic carbocycles. The molecule has 0 aliphatic rings. The van der Waals surface area contributed by atoms with Crippen LogP contribution in [0.25, 0.3) is 0 Å². The van der Waals surface area contributed by atoms with Gasteiger partial charge in [0.15, 0.2) is 0 Å². The molecule has 0 saturated heterocycles. The Labute approximate surface area is 94.1 Å². The Morgan fingerprint density at radius 2 is 1.87 bits per heavy atom. The van der Waals surface area contributed by atoms with Gasteiger partial charge in [0.25, 0.3) is 0 Å². The van der Waals surface area contributed by atoms with E-state index in [2.05, 4.69) is 5.32 Å². The highest BCUT2D eigenvalue weighted by Gasteiger charge is 1.99. The highest BCUT2D eigenvalue weighted by molar-refractivity contribution is 6.18. The summed E-state index contributed by atoms with van der Waals surface area (Å²) in [6.07, 6.45) is 0.344. The lowest BCUT2D eigenvalue weighted by atomic mass is 10.1. The van der Waals surface area contributed by atoms with Gasteiger partial charge in [0.2, 0.25) is 5.91 Å². The van der Waals surface area contributed by atoms with E-state index in [0.717, 1.165) is 11.1 Å². The fraction of sp³-hybridized carbons (Fsp3) is 0.364. The van der Waals surface area contributed by atoms with Crippen molar-refractivity contribution in [1.82, 2.24) is 5.32 Å². The normalized spacial score (nSPS) is 10.0. The Morgan fingerprint density at radius 1 is 1.27 bits per heavy atom. The molecule has 15 heavy (non-hydrogen) atoms. The van der Waals surface area contributed by atoms with Crippen LogP contribution in [0.3, 0.4) is 0 Å². The highest BCUT2D eigenvalue weighted by Crippen LogP contribution is 2.03. The molecule has 2 N–H and O–H groups in total. The fourth-order valence-electron chi connectivity index (χ4n) is 1.14. The van der Waals surface area contributed by atoms with Crippen molar-refractivity contribution in [2.75, 3.05) is 5.88 Å². The van der Waals surface area contributed by atoms with Crippen LogP contribution in [0.4, 0.5) is 0 Å². The maximum absolute atomic E-state index is 11.1. The fourth-order valence-corrected chi connectivity index (χ4v) is 1.31. The predicted octanol–water partition coefficient (Wildman–Crippen LogP) is 1.42. The molecule has 0 heterocycles. The molecule has 0 fully saturated rings. The van der Waals surface area contributed by atoms with E-state index in [1.807, 2.05) is 24.3 Å². The molecule has 1 aromatic rings. The van der Waals surface area contributed by atoms with Crippen LogP contribution in [0.2, 0.25) is 0 Å². The van der Waals surface area contributed by atoms with Crippen LogP contribution in [0.1, 0.15) is 17.5 Å². The minimum absolute atomic E-state index is 0.0406. The summed E-state index contributed by atoms with van der Waals surface area (Å²) in [4.78, 5) is 11.1. The van der Waals surface area contributed by atoms with E-state index in [4.69, 9.17) is 16.7 Å². The van der Waals surface area contributed by atoms with E-state index in [1.54, 1.807) is 0 Å². The summed E-state index contributed by atoms with van der Waals surface area (Å²) in [7, 11) is 0. The van der Waals surface area contributed by atoms with Crippen molar-refractivity contribution in [2.45, 2.75) is 19.6 Å². The largest absolute Gasteiger partial charge is 0.392 e. The van der Waals surface area contributed by atoms with E-state index in [-0.39, 0.29) is 12.5 Å². The van der Waals surface area contributed by atoms with Crippen molar-refractivity contribution in [3.63, 3.8) is 0 Å². The number of alkyl halides is 1. The van der Waals surface area contributed by atoms with Crippen molar-refractivity contribution < 1.29 is 9.90 Å². The van der Waals surface area contributed by atoms with Crippen LogP contribution in [-0.2, 0) is 17.9 Å². The standard InChI is InChI=1S/C11H14ClNO2/c12-6-5-11(15)13-7-9-1-3-10(8-14)4-2-9/h1-4,14H,5-8H2,(H,13,15). The Balaban J connectivity index is 2.40. The van der Waals surface area contributed by atoms with E-state index < -0.39 is 0 Å². The van der Waals surface area contributed by atoms with Crippen molar-refractivity contribution >= 4 is 17.5 Å². The van der Waals surface area contributed by atoms with Gasteiger partial charge >= 0.3 is 0 Å². The minimum atomic E-state index is -0.0452. The third kappa shape index (κ3) is 4.32.